The molecule has 0 saturated carbocycles. The van der Waals surface area contributed by atoms with Gasteiger partial charge in [0.1, 0.15) is 12.1 Å². The number of nitrogens with zero attached hydrogens (tertiary/aromatic N) is 5. The number of hydrogen-bond donors (Lipinski definition) is 1. The molecule has 1 N–H and O–H groups in total. The van der Waals surface area contributed by atoms with E-state index in [9.17, 15) is 0 Å². The van der Waals surface area contributed by atoms with E-state index in [4.69, 9.17) is 23.2 Å². The molecular weight excluding hydrogens is 371 g/mol. The molecule has 0 bridgehead atoms. The molecular formula is C18H20Cl2N6. The maximum Gasteiger partial charge on any atom is 0.254 e. The summed E-state index contributed by atoms with van der Waals surface area (Å²) in [5.74, 6) is 1.58. The Kier molecular flexibility index (Phi) is 4.98. The van der Waals surface area contributed by atoms with Crippen molar-refractivity contribution in [1.82, 2.24) is 24.5 Å². The molecule has 0 amide bonds. The molecule has 8 heteroatoms. The molecule has 3 aromatic rings. The van der Waals surface area contributed by atoms with Crippen molar-refractivity contribution in [3.8, 4) is 0 Å². The number of aromatic nitrogens is 4. The van der Waals surface area contributed by atoms with E-state index in [-0.39, 0.29) is 0 Å². The summed E-state index contributed by atoms with van der Waals surface area (Å²) in [6, 6.07) is 8.29. The van der Waals surface area contributed by atoms with Gasteiger partial charge in [0.05, 0.1) is 10.0 Å². The smallest absolute Gasteiger partial charge is 0.254 e. The summed E-state index contributed by atoms with van der Waals surface area (Å²) in [5, 5.41) is 9.08. The van der Waals surface area contributed by atoms with Crippen molar-refractivity contribution >= 4 is 34.8 Å². The van der Waals surface area contributed by atoms with Crippen LogP contribution in [0.4, 0.5) is 5.82 Å². The second kappa shape index (κ2) is 7.39. The first-order valence-corrected chi connectivity index (χ1v) is 9.44. The van der Waals surface area contributed by atoms with Gasteiger partial charge >= 0.3 is 0 Å². The number of hydrogen-bond acceptors (Lipinski definition) is 5. The molecule has 1 aromatic carbocycles. The summed E-state index contributed by atoms with van der Waals surface area (Å²) in [6.07, 6.45) is 3.67. The molecule has 3 heterocycles. The molecule has 0 aliphatic carbocycles. The van der Waals surface area contributed by atoms with E-state index in [1.54, 1.807) is 4.52 Å². The Labute approximate surface area is 162 Å². The SMILES string of the molecule is Cc1cc(NC2CCN(Cc3ccc(Cl)c(Cl)c3)CC2)n2ncnc2n1. The fourth-order valence-electron chi connectivity index (χ4n) is 3.37. The quantitative estimate of drug-likeness (QED) is 0.733. The topological polar surface area (TPSA) is 58.4 Å². The molecule has 0 unspecified atom stereocenters. The van der Waals surface area contributed by atoms with Crippen LogP contribution in [-0.2, 0) is 6.54 Å². The molecule has 1 fully saturated rings. The van der Waals surface area contributed by atoms with Crippen molar-refractivity contribution in [2.75, 3.05) is 18.4 Å². The number of rotatable bonds is 4. The predicted molar refractivity (Wildman–Crippen MR) is 104 cm³/mol. The highest BCUT2D eigenvalue weighted by Crippen LogP contribution is 2.24. The van der Waals surface area contributed by atoms with Crippen LogP contribution in [-0.4, -0.2) is 43.6 Å². The van der Waals surface area contributed by atoms with Gasteiger partial charge in [-0.25, -0.2) is 4.98 Å². The zero-order chi connectivity index (χ0) is 18.1. The zero-order valence-electron chi connectivity index (χ0n) is 14.5. The van der Waals surface area contributed by atoms with Crippen LogP contribution in [0.1, 0.15) is 24.1 Å². The Morgan fingerprint density at radius 3 is 2.73 bits per heavy atom. The number of nitrogens with one attached hydrogen (secondary N) is 1. The van der Waals surface area contributed by atoms with E-state index in [2.05, 4.69) is 25.3 Å². The van der Waals surface area contributed by atoms with Gasteiger partial charge in [0.2, 0.25) is 0 Å². The normalized spacial score (nSPS) is 16.3. The van der Waals surface area contributed by atoms with Gasteiger partial charge in [-0.15, -0.1) is 0 Å². The van der Waals surface area contributed by atoms with Crippen LogP contribution in [0.15, 0.2) is 30.6 Å². The number of aryl methyl sites for hydroxylation is 1. The molecule has 6 nitrogen and oxygen atoms in total. The standard InChI is InChI=1S/C18H20Cl2N6/c1-12-8-17(26-18(23-12)21-11-22-26)24-14-4-6-25(7-5-14)10-13-2-3-15(19)16(20)9-13/h2-3,8-9,11,14,24H,4-7,10H2,1H3. The van der Waals surface area contributed by atoms with Crippen LogP contribution in [0.25, 0.3) is 5.78 Å². The largest absolute Gasteiger partial charge is 0.367 e. The lowest BCUT2D eigenvalue weighted by atomic mass is 10.0. The van der Waals surface area contributed by atoms with Crippen molar-refractivity contribution in [1.29, 1.82) is 0 Å². The summed E-state index contributed by atoms with van der Waals surface area (Å²) in [7, 11) is 0. The van der Waals surface area contributed by atoms with E-state index in [0.717, 1.165) is 44.0 Å². The summed E-state index contributed by atoms with van der Waals surface area (Å²) in [4.78, 5) is 11.0. The maximum atomic E-state index is 6.12. The Morgan fingerprint density at radius 2 is 1.96 bits per heavy atom. The number of fused-ring (bicyclic) bond motifs is 1. The molecule has 26 heavy (non-hydrogen) atoms. The fourth-order valence-corrected chi connectivity index (χ4v) is 3.69. The van der Waals surface area contributed by atoms with E-state index < -0.39 is 0 Å². The second-order valence-corrected chi connectivity index (χ2v) is 7.51. The van der Waals surface area contributed by atoms with Gasteiger partial charge in [-0.1, -0.05) is 29.3 Å². The van der Waals surface area contributed by atoms with Crippen molar-refractivity contribution in [2.45, 2.75) is 32.4 Å². The van der Waals surface area contributed by atoms with Crippen LogP contribution in [0.5, 0.6) is 0 Å². The van der Waals surface area contributed by atoms with Gasteiger partial charge < -0.3 is 5.32 Å². The van der Waals surface area contributed by atoms with Gasteiger partial charge in [-0.3, -0.25) is 4.90 Å². The summed E-state index contributed by atoms with van der Waals surface area (Å²) < 4.78 is 1.76. The number of anilines is 1. The van der Waals surface area contributed by atoms with E-state index in [1.807, 2.05) is 31.2 Å². The molecule has 2 aromatic heterocycles. The molecule has 0 spiro atoms. The van der Waals surface area contributed by atoms with Crippen LogP contribution in [0, 0.1) is 6.92 Å². The number of halogens is 2. The number of benzene rings is 1. The lowest BCUT2D eigenvalue weighted by Gasteiger charge is -2.32. The van der Waals surface area contributed by atoms with Crippen LogP contribution < -0.4 is 5.32 Å². The van der Waals surface area contributed by atoms with Crippen molar-refractivity contribution in [3.63, 3.8) is 0 Å². The lowest BCUT2D eigenvalue weighted by Crippen LogP contribution is -2.39. The molecule has 1 saturated heterocycles. The van der Waals surface area contributed by atoms with Gasteiger partial charge in [0.25, 0.3) is 5.78 Å². The molecule has 0 atom stereocenters. The van der Waals surface area contributed by atoms with Gasteiger partial charge in [0.15, 0.2) is 0 Å². The minimum atomic E-state index is 0.411. The highest BCUT2D eigenvalue weighted by molar-refractivity contribution is 6.42. The Morgan fingerprint density at radius 1 is 1.15 bits per heavy atom. The van der Waals surface area contributed by atoms with Crippen LogP contribution in [0.3, 0.4) is 0 Å². The summed E-state index contributed by atoms with van der Waals surface area (Å²) >= 11 is 12.1. The Bertz CT molecular complexity index is 917. The van der Waals surface area contributed by atoms with Gasteiger partial charge in [-0.05, 0) is 37.5 Å². The van der Waals surface area contributed by atoms with Crippen molar-refractivity contribution in [3.05, 3.63) is 51.9 Å². The van der Waals surface area contributed by atoms with Gasteiger partial charge in [-0.2, -0.15) is 14.6 Å². The zero-order valence-corrected chi connectivity index (χ0v) is 16.0. The maximum absolute atomic E-state index is 6.12. The summed E-state index contributed by atoms with van der Waals surface area (Å²) in [5.41, 5.74) is 2.13. The average molecular weight is 391 g/mol. The predicted octanol–water partition coefficient (Wildman–Crippen LogP) is 3.82. The third kappa shape index (κ3) is 3.77. The highest BCUT2D eigenvalue weighted by atomic mass is 35.5. The van der Waals surface area contributed by atoms with E-state index in [0.29, 0.717) is 21.9 Å². The molecule has 4 rings (SSSR count). The minimum Gasteiger partial charge on any atom is -0.367 e. The average Bonchev–Trinajstić information content (AvgIpc) is 3.08. The van der Waals surface area contributed by atoms with Gasteiger partial charge in [0, 0.05) is 37.4 Å². The first kappa shape index (κ1) is 17.5. The molecule has 136 valence electrons. The third-order valence-corrected chi connectivity index (χ3v) is 5.45. The minimum absolute atomic E-state index is 0.411. The van der Waals surface area contributed by atoms with E-state index >= 15 is 0 Å². The lowest BCUT2D eigenvalue weighted by molar-refractivity contribution is 0.211. The second-order valence-electron chi connectivity index (χ2n) is 6.70. The monoisotopic (exact) mass is 390 g/mol. The van der Waals surface area contributed by atoms with Crippen LogP contribution >= 0.6 is 23.2 Å². The summed E-state index contributed by atoms with van der Waals surface area (Å²) in [6.45, 7) is 4.93. The number of likely N-dealkylation sites (tertiary alicyclic amines) is 1. The number of piperidine rings is 1. The first-order valence-electron chi connectivity index (χ1n) is 8.69. The van der Waals surface area contributed by atoms with E-state index in [1.165, 1.54) is 11.9 Å². The van der Waals surface area contributed by atoms with Crippen molar-refractivity contribution in [2.24, 2.45) is 0 Å². The van der Waals surface area contributed by atoms with Crippen molar-refractivity contribution < 1.29 is 0 Å². The molecule has 1 aliphatic rings. The third-order valence-electron chi connectivity index (χ3n) is 4.71. The fraction of sp³-hybridized carbons (Fsp3) is 0.389. The first-order chi connectivity index (χ1) is 12.6. The molecule has 0 radical (unpaired) electrons. The molecule has 1 aliphatic heterocycles. The Hall–Kier alpha value is -1.89. The highest BCUT2D eigenvalue weighted by Gasteiger charge is 2.20. The van der Waals surface area contributed by atoms with Crippen LogP contribution in [0.2, 0.25) is 10.0 Å². The Balaban J connectivity index is 1.37.